The largest absolute Gasteiger partial charge is 0.481 e. The molecule has 0 saturated heterocycles. The molecule has 2 N–H and O–H groups in total. The molecule has 0 aliphatic heterocycles. The molecular formula is C12H12BrNO4. The first-order valence-electron chi connectivity index (χ1n) is 5.46. The van der Waals surface area contributed by atoms with Gasteiger partial charge < -0.3 is 14.8 Å². The van der Waals surface area contributed by atoms with Gasteiger partial charge >= 0.3 is 5.97 Å². The average Bonchev–Trinajstić information content (AvgIpc) is 3.02. The van der Waals surface area contributed by atoms with Gasteiger partial charge in [0.05, 0.1) is 5.41 Å². The number of aliphatic carboxylic acids is 1. The zero-order valence-corrected chi connectivity index (χ0v) is 11.1. The van der Waals surface area contributed by atoms with Crippen LogP contribution in [0.5, 0.6) is 0 Å². The SMILES string of the molecule is O=C(/C=C/c1ccc(Br)o1)NCC1(C(=O)O)CC1. The van der Waals surface area contributed by atoms with Crippen LogP contribution in [0.25, 0.3) is 6.08 Å². The summed E-state index contributed by atoms with van der Waals surface area (Å²) in [7, 11) is 0. The first-order chi connectivity index (χ1) is 8.52. The lowest BCUT2D eigenvalue weighted by atomic mass is 10.1. The molecule has 1 aliphatic rings. The molecule has 0 unspecified atom stereocenters. The minimum atomic E-state index is -0.846. The molecule has 0 radical (unpaired) electrons. The van der Waals surface area contributed by atoms with Crippen molar-refractivity contribution in [3.05, 3.63) is 28.6 Å². The Morgan fingerprint density at radius 1 is 1.50 bits per heavy atom. The highest BCUT2D eigenvalue weighted by atomic mass is 79.9. The Bertz CT molecular complexity index is 502. The van der Waals surface area contributed by atoms with Gasteiger partial charge in [0.15, 0.2) is 4.67 Å². The molecule has 18 heavy (non-hydrogen) atoms. The van der Waals surface area contributed by atoms with Crippen molar-refractivity contribution in [1.29, 1.82) is 0 Å². The lowest BCUT2D eigenvalue weighted by molar-refractivity contribution is -0.143. The Labute approximate surface area is 112 Å². The number of carboxylic acid groups (broad SMARTS) is 1. The first kappa shape index (κ1) is 12.9. The maximum Gasteiger partial charge on any atom is 0.311 e. The number of carbonyl (C=O) groups is 2. The standard InChI is InChI=1S/C12H12BrNO4/c13-9-3-1-8(18-9)2-4-10(15)14-7-12(5-6-12)11(16)17/h1-4H,5-7H2,(H,14,15)(H,16,17)/b4-2+. The van der Waals surface area contributed by atoms with E-state index in [0.29, 0.717) is 23.3 Å². The minimum absolute atomic E-state index is 0.174. The van der Waals surface area contributed by atoms with Crippen molar-refractivity contribution < 1.29 is 19.1 Å². The van der Waals surface area contributed by atoms with Gasteiger partial charge in [0.2, 0.25) is 5.91 Å². The van der Waals surface area contributed by atoms with Gasteiger partial charge in [-0.3, -0.25) is 9.59 Å². The lowest BCUT2D eigenvalue weighted by Gasteiger charge is -2.09. The van der Waals surface area contributed by atoms with E-state index in [1.54, 1.807) is 12.1 Å². The highest BCUT2D eigenvalue weighted by molar-refractivity contribution is 9.10. The van der Waals surface area contributed by atoms with Gasteiger partial charge in [0.25, 0.3) is 0 Å². The van der Waals surface area contributed by atoms with E-state index < -0.39 is 11.4 Å². The average molecular weight is 314 g/mol. The number of hydrogen-bond donors (Lipinski definition) is 2. The second-order valence-corrected chi connectivity index (χ2v) is 5.06. The number of rotatable bonds is 5. The molecule has 5 nitrogen and oxygen atoms in total. The van der Waals surface area contributed by atoms with Crippen molar-refractivity contribution in [2.45, 2.75) is 12.8 Å². The second-order valence-electron chi connectivity index (χ2n) is 4.28. The summed E-state index contributed by atoms with van der Waals surface area (Å²) in [6.07, 6.45) is 4.10. The fourth-order valence-electron chi connectivity index (χ4n) is 1.51. The maximum atomic E-state index is 11.5. The Balaban J connectivity index is 1.82. The van der Waals surface area contributed by atoms with Crippen LogP contribution in [-0.4, -0.2) is 23.5 Å². The Morgan fingerprint density at radius 3 is 2.72 bits per heavy atom. The topological polar surface area (TPSA) is 79.5 Å². The van der Waals surface area contributed by atoms with Crippen molar-refractivity contribution in [1.82, 2.24) is 5.32 Å². The van der Waals surface area contributed by atoms with E-state index in [-0.39, 0.29) is 12.5 Å². The molecule has 1 heterocycles. The number of nitrogens with one attached hydrogen (secondary N) is 1. The van der Waals surface area contributed by atoms with E-state index in [4.69, 9.17) is 9.52 Å². The third-order valence-electron chi connectivity index (χ3n) is 2.90. The van der Waals surface area contributed by atoms with E-state index in [1.807, 2.05) is 0 Å². The summed E-state index contributed by atoms with van der Waals surface area (Å²) in [5.74, 6) is -0.617. The van der Waals surface area contributed by atoms with E-state index in [9.17, 15) is 9.59 Å². The summed E-state index contributed by atoms with van der Waals surface area (Å²) in [6, 6.07) is 3.44. The second kappa shape index (κ2) is 4.97. The number of halogens is 1. The van der Waals surface area contributed by atoms with Crippen molar-refractivity contribution >= 4 is 33.9 Å². The number of carbonyl (C=O) groups excluding carboxylic acids is 1. The van der Waals surface area contributed by atoms with Crippen LogP contribution in [0.2, 0.25) is 0 Å². The van der Waals surface area contributed by atoms with Crippen LogP contribution >= 0.6 is 15.9 Å². The molecule has 1 aromatic heterocycles. The lowest BCUT2D eigenvalue weighted by Crippen LogP contribution is -2.33. The van der Waals surface area contributed by atoms with Gasteiger partial charge in [-0.15, -0.1) is 0 Å². The number of carboxylic acids is 1. The van der Waals surface area contributed by atoms with Gasteiger partial charge in [0, 0.05) is 12.6 Å². The van der Waals surface area contributed by atoms with Gasteiger partial charge in [-0.05, 0) is 47.0 Å². The zero-order valence-electron chi connectivity index (χ0n) is 9.48. The molecule has 0 atom stereocenters. The molecule has 1 fully saturated rings. The molecule has 2 rings (SSSR count). The van der Waals surface area contributed by atoms with Gasteiger partial charge in [-0.25, -0.2) is 0 Å². The summed E-state index contributed by atoms with van der Waals surface area (Å²) >= 11 is 3.15. The highest BCUT2D eigenvalue weighted by Gasteiger charge is 2.50. The zero-order chi connectivity index (χ0) is 13.2. The summed E-state index contributed by atoms with van der Waals surface area (Å²) < 4.78 is 5.77. The van der Waals surface area contributed by atoms with Crippen LogP contribution in [0.15, 0.2) is 27.3 Å². The van der Waals surface area contributed by atoms with Crippen molar-refractivity contribution in [3.8, 4) is 0 Å². The third-order valence-corrected chi connectivity index (χ3v) is 3.33. The van der Waals surface area contributed by atoms with Crippen LogP contribution in [0.3, 0.4) is 0 Å². The third kappa shape index (κ3) is 3.01. The van der Waals surface area contributed by atoms with Gasteiger partial charge in [0.1, 0.15) is 5.76 Å². The molecule has 96 valence electrons. The minimum Gasteiger partial charge on any atom is -0.481 e. The predicted molar refractivity (Wildman–Crippen MR) is 67.8 cm³/mol. The molecule has 0 spiro atoms. The van der Waals surface area contributed by atoms with Crippen LogP contribution < -0.4 is 5.32 Å². The molecule has 1 aliphatic carbocycles. The van der Waals surface area contributed by atoms with Crippen LogP contribution in [0.4, 0.5) is 0 Å². The molecule has 0 aromatic carbocycles. The maximum absolute atomic E-state index is 11.5. The number of amides is 1. The van der Waals surface area contributed by atoms with Crippen molar-refractivity contribution in [3.63, 3.8) is 0 Å². The van der Waals surface area contributed by atoms with Crippen LogP contribution in [0, 0.1) is 5.41 Å². The number of furan rings is 1. The van der Waals surface area contributed by atoms with Gasteiger partial charge in [-0.2, -0.15) is 0 Å². The summed E-state index contributed by atoms with van der Waals surface area (Å²) in [5, 5.41) is 11.5. The number of hydrogen-bond acceptors (Lipinski definition) is 3. The van der Waals surface area contributed by atoms with Crippen molar-refractivity contribution in [2.24, 2.45) is 5.41 Å². The normalized spacial score (nSPS) is 16.7. The Hall–Kier alpha value is -1.56. The van der Waals surface area contributed by atoms with E-state index in [2.05, 4.69) is 21.2 Å². The van der Waals surface area contributed by atoms with Crippen LogP contribution in [-0.2, 0) is 9.59 Å². The van der Waals surface area contributed by atoms with E-state index in [0.717, 1.165) is 0 Å². The predicted octanol–water partition coefficient (Wildman–Crippen LogP) is 2.04. The summed E-state index contributed by atoms with van der Waals surface area (Å²) in [6.45, 7) is 0.174. The fourth-order valence-corrected chi connectivity index (χ4v) is 1.83. The summed E-state index contributed by atoms with van der Waals surface area (Å²) in [5.41, 5.74) is -0.739. The molecule has 6 heteroatoms. The Morgan fingerprint density at radius 2 is 2.22 bits per heavy atom. The molecule has 1 amide bonds. The molecular weight excluding hydrogens is 302 g/mol. The smallest absolute Gasteiger partial charge is 0.311 e. The quantitative estimate of drug-likeness (QED) is 0.815. The molecule has 1 aromatic rings. The van der Waals surface area contributed by atoms with E-state index in [1.165, 1.54) is 12.2 Å². The van der Waals surface area contributed by atoms with E-state index >= 15 is 0 Å². The van der Waals surface area contributed by atoms with Gasteiger partial charge in [-0.1, -0.05) is 0 Å². The van der Waals surface area contributed by atoms with Crippen LogP contribution in [0.1, 0.15) is 18.6 Å². The fraction of sp³-hybridized carbons (Fsp3) is 0.333. The first-order valence-corrected chi connectivity index (χ1v) is 6.26. The Kier molecular flexibility index (Phi) is 3.56. The molecule has 1 saturated carbocycles. The highest BCUT2D eigenvalue weighted by Crippen LogP contribution is 2.45. The summed E-state index contributed by atoms with van der Waals surface area (Å²) in [4.78, 5) is 22.4. The van der Waals surface area contributed by atoms with Crippen molar-refractivity contribution in [2.75, 3.05) is 6.54 Å². The monoisotopic (exact) mass is 313 g/mol. The molecule has 0 bridgehead atoms.